The molecule has 0 saturated carbocycles. The van der Waals surface area contributed by atoms with Gasteiger partial charge in [-0.05, 0) is 35.4 Å². The summed E-state index contributed by atoms with van der Waals surface area (Å²) in [7, 11) is 0. The lowest BCUT2D eigenvalue weighted by atomic mass is 10.0. The van der Waals surface area contributed by atoms with Crippen LogP contribution in [0.5, 0.6) is 0 Å². The van der Waals surface area contributed by atoms with Crippen LogP contribution in [0.2, 0.25) is 0 Å². The standard InChI is InChI=1S/C19H13F4N3O/c20-15-5-2-13(3-6-15)18(14-4-7-16(21)24-10-14)25-9-12-1-8-17(27)26(11-12)19(22)23/h1-11,18-19H. The molecule has 1 aromatic carbocycles. The molecule has 0 aliphatic heterocycles. The van der Waals surface area contributed by atoms with Crippen molar-refractivity contribution in [3.8, 4) is 0 Å². The van der Waals surface area contributed by atoms with E-state index in [1.54, 1.807) is 0 Å². The number of hydrogen-bond acceptors (Lipinski definition) is 3. The summed E-state index contributed by atoms with van der Waals surface area (Å²) in [6.45, 7) is -2.97. The third-order valence-corrected chi connectivity index (χ3v) is 3.80. The highest BCUT2D eigenvalue weighted by Gasteiger charge is 2.14. The number of aliphatic imine (C=N–C) groups is 1. The molecule has 1 unspecified atom stereocenters. The lowest BCUT2D eigenvalue weighted by Crippen LogP contribution is -2.19. The van der Waals surface area contributed by atoms with Gasteiger partial charge in [-0.15, -0.1) is 0 Å². The Bertz CT molecular complexity index is 953. The minimum atomic E-state index is -2.97. The molecule has 2 heterocycles. The molecule has 0 aliphatic rings. The molecule has 0 N–H and O–H groups in total. The Balaban J connectivity index is 1.99. The molecule has 2 aromatic heterocycles. The molecule has 0 amide bonds. The van der Waals surface area contributed by atoms with Crippen LogP contribution in [0, 0.1) is 11.8 Å². The van der Waals surface area contributed by atoms with Gasteiger partial charge in [-0.25, -0.2) is 9.37 Å². The van der Waals surface area contributed by atoms with Crippen LogP contribution in [0.25, 0.3) is 0 Å². The largest absolute Gasteiger partial charge is 0.321 e. The van der Waals surface area contributed by atoms with Crippen molar-refractivity contribution >= 4 is 6.21 Å². The summed E-state index contributed by atoms with van der Waals surface area (Å²) in [5, 5.41) is 0. The number of aromatic nitrogens is 2. The Kier molecular flexibility index (Phi) is 5.44. The van der Waals surface area contributed by atoms with Crippen LogP contribution in [0.3, 0.4) is 0 Å². The van der Waals surface area contributed by atoms with E-state index in [1.165, 1.54) is 54.9 Å². The van der Waals surface area contributed by atoms with Crippen LogP contribution in [0.4, 0.5) is 17.6 Å². The number of rotatable bonds is 5. The highest BCUT2D eigenvalue weighted by molar-refractivity contribution is 5.79. The van der Waals surface area contributed by atoms with E-state index in [0.717, 1.165) is 12.3 Å². The minimum Gasteiger partial charge on any atom is -0.280 e. The van der Waals surface area contributed by atoms with Gasteiger partial charge >= 0.3 is 6.55 Å². The number of nitrogens with zero attached hydrogens (tertiary/aromatic N) is 3. The van der Waals surface area contributed by atoms with Crippen molar-refractivity contribution in [3.63, 3.8) is 0 Å². The van der Waals surface area contributed by atoms with Crippen molar-refractivity contribution in [3.05, 3.63) is 99.7 Å². The van der Waals surface area contributed by atoms with Crippen molar-refractivity contribution < 1.29 is 17.6 Å². The predicted molar refractivity (Wildman–Crippen MR) is 92.0 cm³/mol. The van der Waals surface area contributed by atoms with Crippen molar-refractivity contribution in [2.75, 3.05) is 0 Å². The zero-order valence-corrected chi connectivity index (χ0v) is 13.8. The second kappa shape index (κ2) is 7.94. The van der Waals surface area contributed by atoms with Gasteiger partial charge in [0.25, 0.3) is 5.56 Å². The molecule has 138 valence electrons. The van der Waals surface area contributed by atoms with Gasteiger partial charge in [0, 0.05) is 30.2 Å². The Morgan fingerprint density at radius 3 is 2.30 bits per heavy atom. The van der Waals surface area contributed by atoms with Crippen LogP contribution in [0.15, 0.2) is 70.7 Å². The Morgan fingerprint density at radius 2 is 1.67 bits per heavy atom. The molecule has 0 spiro atoms. The third kappa shape index (κ3) is 4.46. The van der Waals surface area contributed by atoms with Crippen LogP contribution >= 0.6 is 0 Å². The number of benzene rings is 1. The fraction of sp³-hybridized carbons (Fsp3) is 0.105. The Hall–Kier alpha value is -3.29. The zero-order chi connectivity index (χ0) is 19.4. The maximum atomic E-state index is 13.2. The average Bonchev–Trinajstić information content (AvgIpc) is 2.65. The molecular formula is C19H13F4N3O. The summed E-state index contributed by atoms with van der Waals surface area (Å²) in [4.78, 5) is 19.4. The van der Waals surface area contributed by atoms with Gasteiger partial charge in [-0.3, -0.25) is 14.4 Å². The highest BCUT2D eigenvalue weighted by Crippen LogP contribution is 2.26. The molecule has 0 radical (unpaired) electrons. The van der Waals surface area contributed by atoms with Crippen molar-refractivity contribution in [1.82, 2.24) is 9.55 Å². The Morgan fingerprint density at radius 1 is 0.963 bits per heavy atom. The number of alkyl halides is 2. The average molecular weight is 375 g/mol. The first-order valence-electron chi connectivity index (χ1n) is 7.84. The molecule has 27 heavy (non-hydrogen) atoms. The van der Waals surface area contributed by atoms with Crippen molar-refractivity contribution in [2.24, 2.45) is 4.99 Å². The van der Waals surface area contributed by atoms with Crippen LogP contribution in [0.1, 0.15) is 29.3 Å². The van der Waals surface area contributed by atoms with Crippen LogP contribution < -0.4 is 5.56 Å². The van der Waals surface area contributed by atoms with Gasteiger partial charge in [0.1, 0.15) is 11.9 Å². The molecule has 3 rings (SSSR count). The van der Waals surface area contributed by atoms with Crippen molar-refractivity contribution in [2.45, 2.75) is 12.6 Å². The van der Waals surface area contributed by atoms with Gasteiger partial charge in [0.05, 0.1) is 0 Å². The first kappa shape index (κ1) is 18.5. The van der Waals surface area contributed by atoms with E-state index in [0.29, 0.717) is 11.1 Å². The number of pyridine rings is 2. The normalized spacial score (nSPS) is 12.6. The van der Waals surface area contributed by atoms with E-state index in [2.05, 4.69) is 9.98 Å². The summed E-state index contributed by atoms with van der Waals surface area (Å²) >= 11 is 0. The summed E-state index contributed by atoms with van der Waals surface area (Å²) in [6.07, 6.45) is 3.59. The molecule has 0 fully saturated rings. The smallest absolute Gasteiger partial charge is 0.280 e. The molecular weight excluding hydrogens is 362 g/mol. The fourth-order valence-corrected chi connectivity index (χ4v) is 2.47. The number of hydrogen-bond donors (Lipinski definition) is 0. The Labute approximate surface area is 151 Å². The van der Waals surface area contributed by atoms with E-state index in [1.807, 2.05) is 0 Å². The first-order valence-corrected chi connectivity index (χ1v) is 7.84. The van der Waals surface area contributed by atoms with E-state index in [4.69, 9.17) is 0 Å². The van der Waals surface area contributed by atoms with Crippen LogP contribution in [-0.4, -0.2) is 15.8 Å². The third-order valence-electron chi connectivity index (χ3n) is 3.80. The second-order valence-corrected chi connectivity index (χ2v) is 5.63. The SMILES string of the molecule is O=c1ccc(C=NC(c2ccc(F)cc2)c2ccc(F)nc2)cn1C(F)F. The topological polar surface area (TPSA) is 47.2 Å². The van der Waals surface area contributed by atoms with E-state index >= 15 is 0 Å². The number of halogens is 4. The lowest BCUT2D eigenvalue weighted by molar-refractivity contribution is 0.0663. The molecule has 3 aromatic rings. The molecule has 0 bridgehead atoms. The van der Waals surface area contributed by atoms with Crippen LogP contribution in [-0.2, 0) is 0 Å². The van der Waals surface area contributed by atoms with Gasteiger partial charge < -0.3 is 0 Å². The molecule has 1 atom stereocenters. The van der Waals surface area contributed by atoms with Crippen molar-refractivity contribution in [1.29, 1.82) is 0 Å². The van der Waals surface area contributed by atoms with Gasteiger partial charge in [-0.1, -0.05) is 18.2 Å². The molecule has 8 heteroatoms. The first-order chi connectivity index (χ1) is 12.9. The predicted octanol–water partition coefficient (Wildman–Crippen LogP) is 4.13. The van der Waals surface area contributed by atoms with Gasteiger partial charge in [-0.2, -0.15) is 13.2 Å². The lowest BCUT2D eigenvalue weighted by Gasteiger charge is -2.13. The van der Waals surface area contributed by atoms with Gasteiger partial charge in [0.2, 0.25) is 5.95 Å². The summed E-state index contributed by atoms with van der Waals surface area (Å²) in [6, 6.07) is 9.89. The molecule has 0 aliphatic carbocycles. The van der Waals surface area contributed by atoms with E-state index < -0.39 is 29.9 Å². The zero-order valence-electron chi connectivity index (χ0n) is 13.8. The summed E-state index contributed by atoms with van der Waals surface area (Å²) < 4.78 is 52.3. The highest BCUT2D eigenvalue weighted by atomic mass is 19.3. The minimum absolute atomic E-state index is 0.275. The van der Waals surface area contributed by atoms with Gasteiger partial charge in [0.15, 0.2) is 0 Å². The summed E-state index contributed by atoms with van der Waals surface area (Å²) in [5.74, 6) is -1.09. The maximum Gasteiger partial charge on any atom is 0.321 e. The van der Waals surface area contributed by atoms with E-state index in [-0.39, 0.29) is 10.1 Å². The second-order valence-electron chi connectivity index (χ2n) is 5.63. The fourth-order valence-electron chi connectivity index (χ4n) is 2.47. The molecule has 0 saturated heterocycles. The monoisotopic (exact) mass is 375 g/mol. The summed E-state index contributed by atoms with van der Waals surface area (Å²) in [5.41, 5.74) is 0.571. The maximum absolute atomic E-state index is 13.2. The van der Waals surface area contributed by atoms with E-state index in [9.17, 15) is 22.4 Å². The quantitative estimate of drug-likeness (QED) is 0.383. The molecule has 4 nitrogen and oxygen atoms in total.